The second-order valence-corrected chi connectivity index (χ2v) is 6.84. The maximum atomic E-state index is 12.1. The van der Waals surface area contributed by atoms with Crippen LogP contribution in [0.2, 0.25) is 5.02 Å². The number of fused-ring (bicyclic) bond motifs is 3. The molecule has 0 aliphatic carbocycles. The molecule has 0 radical (unpaired) electrons. The minimum Gasteiger partial charge on any atom is -0.425 e. The standard InChI is InChI=1S/C18H19ClN2O3/c19-14-3-1-2-13(10-14)16-4-5-17(23-16)24-18(22)20-15-11-21-8-6-12(15)7-9-21/h1-5,10,12,15H,6-9,11H2,(H,20,22)/t15-/m0/s1. The Hall–Kier alpha value is -1.98. The zero-order valence-corrected chi connectivity index (χ0v) is 14.0. The minimum atomic E-state index is -0.458. The molecular formula is C18H19ClN2O3. The summed E-state index contributed by atoms with van der Waals surface area (Å²) in [5, 5.41) is 3.60. The van der Waals surface area contributed by atoms with Crippen LogP contribution in [0, 0.1) is 5.92 Å². The zero-order valence-electron chi connectivity index (χ0n) is 13.2. The molecule has 0 unspecified atom stereocenters. The second-order valence-electron chi connectivity index (χ2n) is 6.41. The highest BCUT2D eigenvalue weighted by atomic mass is 35.5. The molecule has 2 aromatic rings. The van der Waals surface area contributed by atoms with Gasteiger partial charge in [0, 0.05) is 29.2 Å². The van der Waals surface area contributed by atoms with Crippen LogP contribution in [0.15, 0.2) is 40.8 Å². The number of rotatable bonds is 3. The van der Waals surface area contributed by atoms with Crippen molar-refractivity contribution < 1.29 is 13.9 Å². The van der Waals surface area contributed by atoms with Crippen LogP contribution in [0.1, 0.15) is 12.8 Å². The lowest BCUT2D eigenvalue weighted by Gasteiger charge is -2.44. The zero-order chi connectivity index (χ0) is 16.5. The van der Waals surface area contributed by atoms with E-state index in [0.29, 0.717) is 16.7 Å². The van der Waals surface area contributed by atoms with E-state index in [4.69, 9.17) is 20.8 Å². The van der Waals surface area contributed by atoms with E-state index in [-0.39, 0.29) is 12.0 Å². The highest BCUT2D eigenvalue weighted by Gasteiger charge is 2.35. The number of amides is 1. The van der Waals surface area contributed by atoms with E-state index in [9.17, 15) is 4.79 Å². The van der Waals surface area contributed by atoms with Gasteiger partial charge in [0.25, 0.3) is 5.95 Å². The van der Waals surface area contributed by atoms with E-state index in [0.717, 1.165) is 38.0 Å². The van der Waals surface area contributed by atoms with Crippen molar-refractivity contribution in [3.63, 3.8) is 0 Å². The molecule has 5 nitrogen and oxygen atoms in total. The molecule has 0 spiro atoms. The maximum Gasteiger partial charge on any atom is 0.415 e. The topological polar surface area (TPSA) is 54.7 Å². The first-order valence-electron chi connectivity index (χ1n) is 8.24. The van der Waals surface area contributed by atoms with E-state index in [2.05, 4.69) is 10.2 Å². The van der Waals surface area contributed by atoms with Crippen LogP contribution >= 0.6 is 11.6 Å². The predicted molar refractivity (Wildman–Crippen MR) is 91.3 cm³/mol. The molecule has 2 bridgehead atoms. The molecule has 0 saturated carbocycles. The highest BCUT2D eigenvalue weighted by molar-refractivity contribution is 6.30. The Kier molecular flexibility index (Phi) is 4.21. The summed E-state index contributed by atoms with van der Waals surface area (Å²) >= 11 is 5.98. The molecule has 6 heteroatoms. The molecule has 3 aliphatic rings. The number of carbonyl (C=O) groups excluding carboxylic acids is 1. The third-order valence-corrected chi connectivity index (χ3v) is 5.08. The summed E-state index contributed by atoms with van der Waals surface area (Å²) < 4.78 is 10.9. The third kappa shape index (κ3) is 3.28. The van der Waals surface area contributed by atoms with Gasteiger partial charge in [0.1, 0.15) is 5.76 Å². The monoisotopic (exact) mass is 346 g/mol. The number of nitrogens with zero attached hydrogens (tertiary/aromatic N) is 1. The van der Waals surface area contributed by atoms with Gasteiger partial charge in [-0.3, -0.25) is 0 Å². The number of halogens is 1. The van der Waals surface area contributed by atoms with Crippen molar-refractivity contribution >= 4 is 17.7 Å². The molecule has 1 amide bonds. The van der Waals surface area contributed by atoms with Crippen LogP contribution in [0.25, 0.3) is 11.3 Å². The van der Waals surface area contributed by atoms with Gasteiger partial charge < -0.3 is 19.4 Å². The number of nitrogens with one attached hydrogen (secondary N) is 1. The highest BCUT2D eigenvalue weighted by Crippen LogP contribution is 2.29. The average Bonchev–Trinajstić information content (AvgIpc) is 3.04. The van der Waals surface area contributed by atoms with Crippen LogP contribution in [0.4, 0.5) is 4.79 Å². The Morgan fingerprint density at radius 3 is 2.79 bits per heavy atom. The van der Waals surface area contributed by atoms with Crippen LogP contribution < -0.4 is 10.1 Å². The molecule has 24 heavy (non-hydrogen) atoms. The van der Waals surface area contributed by atoms with E-state index in [1.165, 1.54) is 0 Å². The molecule has 126 valence electrons. The number of carbonyl (C=O) groups is 1. The largest absolute Gasteiger partial charge is 0.425 e. The summed E-state index contributed by atoms with van der Waals surface area (Å²) in [6, 6.07) is 10.9. The summed E-state index contributed by atoms with van der Waals surface area (Å²) in [5.41, 5.74) is 0.843. The van der Waals surface area contributed by atoms with Crippen molar-refractivity contribution in [2.75, 3.05) is 19.6 Å². The van der Waals surface area contributed by atoms with Crippen molar-refractivity contribution in [3.8, 4) is 17.3 Å². The quantitative estimate of drug-likeness (QED) is 0.918. The Morgan fingerprint density at radius 2 is 2.08 bits per heavy atom. The fraction of sp³-hybridized carbons (Fsp3) is 0.389. The molecular weight excluding hydrogens is 328 g/mol. The van der Waals surface area contributed by atoms with Crippen molar-refractivity contribution in [3.05, 3.63) is 41.4 Å². The van der Waals surface area contributed by atoms with Gasteiger partial charge in [-0.15, -0.1) is 0 Å². The van der Waals surface area contributed by atoms with Gasteiger partial charge in [-0.05, 0) is 50.0 Å². The van der Waals surface area contributed by atoms with Gasteiger partial charge in [0.05, 0.1) is 0 Å². The molecule has 3 saturated heterocycles. The van der Waals surface area contributed by atoms with Crippen LogP contribution in [0.3, 0.4) is 0 Å². The number of benzene rings is 1. The fourth-order valence-corrected chi connectivity index (χ4v) is 3.76. The van der Waals surface area contributed by atoms with E-state index >= 15 is 0 Å². The van der Waals surface area contributed by atoms with E-state index < -0.39 is 6.09 Å². The van der Waals surface area contributed by atoms with Crippen LogP contribution in [0.5, 0.6) is 5.95 Å². The lowest BCUT2D eigenvalue weighted by Crippen LogP contribution is -2.57. The van der Waals surface area contributed by atoms with Crippen LogP contribution in [-0.4, -0.2) is 36.7 Å². The maximum absolute atomic E-state index is 12.1. The molecule has 3 aliphatic heterocycles. The number of ether oxygens (including phenoxy) is 1. The number of hydrogen-bond acceptors (Lipinski definition) is 4. The SMILES string of the molecule is O=C(N[C@H]1CN2CCC1CC2)Oc1ccc(-c2cccc(Cl)c2)o1. The fourth-order valence-electron chi connectivity index (χ4n) is 3.57. The Balaban J connectivity index is 1.38. The van der Waals surface area contributed by atoms with Crippen molar-refractivity contribution in [2.45, 2.75) is 18.9 Å². The Bertz CT molecular complexity index is 737. The normalized spacial score (nSPS) is 25.5. The van der Waals surface area contributed by atoms with Crippen molar-refractivity contribution in [2.24, 2.45) is 5.92 Å². The summed E-state index contributed by atoms with van der Waals surface area (Å²) in [5.74, 6) is 1.35. The Morgan fingerprint density at radius 1 is 1.25 bits per heavy atom. The first-order chi connectivity index (χ1) is 11.7. The average molecular weight is 347 g/mol. The predicted octanol–water partition coefficient (Wildman–Crippen LogP) is 3.78. The molecule has 1 N–H and O–H groups in total. The molecule has 3 fully saturated rings. The molecule has 5 rings (SSSR count). The van der Waals surface area contributed by atoms with Gasteiger partial charge in [0.15, 0.2) is 0 Å². The molecule has 4 heterocycles. The number of piperidine rings is 3. The number of hydrogen-bond donors (Lipinski definition) is 1. The summed E-state index contributed by atoms with van der Waals surface area (Å²) in [6.45, 7) is 3.18. The van der Waals surface area contributed by atoms with Gasteiger partial charge in [0.2, 0.25) is 0 Å². The van der Waals surface area contributed by atoms with Gasteiger partial charge in [-0.25, -0.2) is 4.79 Å². The van der Waals surface area contributed by atoms with Gasteiger partial charge in [-0.2, -0.15) is 0 Å². The van der Waals surface area contributed by atoms with Crippen molar-refractivity contribution in [1.29, 1.82) is 0 Å². The van der Waals surface area contributed by atoms with E-state index in [1.807, 2.05) is 12.1 Å². The van der Waals surface area contributed by atoms with Gasteiger partial charge >= 0.3 is 6.09 Å². The molecule has 1 atom stereocenters. The van der Waals surface area contributed by atoms with Gasteiger partial charge in [-0.1, -0.05) is 23.7 Å². The molecule has 1 aromatic heterocycles. The summed E-state index contributed by atoms with van der Waals surface area (Å²) in [4.78, 5) is 14.5. The third-order valence-electron chi connectivity index (χ3n) is 4.84. The first-order valence-corrected chi connectivity index (χ1v) is 8.62. The second kappa shape index (κ2) is 6.49. The Labute approximate surface area is 145 Å². The summed E-state index contributed by atoms with van der Waals surface area (Å²) in [6.07, 6.45) is 1.83. The summed E-state index contributed by atoms with van der Waals surface area (Å²) in [7, 11) is 0. The van der Waals surface area contributed by atoms with Crippen molar-refractivity contribution in [1.82, 2.24) is 10.2 Å². The first kappa shape index (κ1) is 15.5. The number of furan rings is 1. The minimum absolute atomic E-state index is 0.169. The van der Waals surface area contributed by atoms with E-state index in [1.54, 1.807) is 24.3 Å². The smallest absolute Gasteiger partial charge is 0.415 e. The molecule has 1 aromatic carbocycles. The lowest BCUT2D eigenvalue weighted by molar-refractivity contribution is 0.0715. The van der Waals surface area contributed by atoms with Crippen LogP contribution in [-0.2, 0) is 0 Å². The lowest BCUT2D eigenvalue weighted by atomic mass is 9.84.